The van der Waals surface area contributed by atoms with E-state index in [1.54, 1.807) is 76.3 Å². The average molecular weight is 862 g/mol. The van der Waals surface area contributed by atoms with Crippen molar-refractivity contribution in [3.63, 3.8) is 0 Å². The second-order valence-corrected chi connectivity index (χ2v) is 15.9. The number of amides is 3. The second-order valence-electron chi connectivity index (χ2n) is 15.9. The first kappa shape index (κ1) is 45.3. The first-order chi connectivity index (χ1) is 30.1. The molecule has 12 nitrogen and oxygen atoms in total. The van der Waals surface area contributed by atoms with E-state index < -0.39 is 52.9 Å². The van der Waals surface area contributed by atoms with E-state index in [4.69, 9.17) is 23.7 Å². The van der Waals surface area contributed by atoms with Gasteiger partial charge in [0.2, 0.25) is 5.91 Å². The zero-order valence-electron chi connectivity index (χ0n) is 35.5. The fourth-order valence-corrected chi connectivity index (χ4v) is 6.56. The van der Waals surface area contributed by atoms with Crippen molar-refractivity contribution in [3.05, 3.63) is 178 Å². The van der Waals surface area contributed by atoms with E-state index in [1.807, 2.05) is 30.3 Å². The highest BCUT2D eigenvalue weighted by atomic mass is 19.1. The van der Waals surface area contributed by atoms with Crippen molar-refractivity contribution < 1.29 is 51.6 Å². The number of hydrogen-bond donors (Lipinski definition) is 3. The zero-order valence-corrected chi connectivity index (χ0v) is 35.5. The van der Waals surface area contributed by atoms with E-state index >= 15 is 0 Å². The topological polar surface area (TPSA) is 151 Å². The molecule has 328 valence electrons. The van der Waals surface area contributed by atoms with Crippen LogP contribution in [-0.2, 0) is 48.4 Å². The summed E-state index contributed by atoms with van der Waals surface area (Å²) in [5, 5.41) is 8.54. The Balaban J connectivity index is 1.22. The third-order valence-electron chi connectivity index (χ3n) is 9.86. The van der Waals surface area contributed by atoms with Gasteiger partial charge in [-0.3, -0.25) is 19.7 Å². The summed E-state index contributed by atoms with van der Waals surface area (Å²) >= 11 is 0. The lowest BCUT2D eigenvalue weighted by atomic mass is 9.88. The molecule has 4 aromatic carbocycles. The Morgan fingerprint density at radius 2 is 1.35 bits per heavy atom. The van der Waals surface area contributed by atoms with Crippen molar-refractivity contribution in [3.8, 4) is 5.75 Å². The molecule has 14 heteroatoms. The van der Waals surface area contributed by atoms with Crippen LogP contribution in [0.5, 0.6) is 5.75 Å². The number of rotatable bonds is 15. The van der Waals surface area contributed by atoms with Gasteiger partial charge in [-0.05, 0) is 98.0 Å². The van der Waals surface area contributed by atoms with Crippen molar-refractivity contribution in [2.75, 3.05) is 12.4 Å². The molecular weight excluding hydrogens is 813 g/mol. The zero-order chi connectivity index (χ0) is 45.1. The minimum absolute atomic E-state index is 0.0194. The molecule has 0 heterocycles. The Hall–Kier alpha value is -7.22. The van der Waals surface area contributed by atoms with Gasteiger partial charge in [0.1, 0.15) is 54.3 Å². The molecule has 2 aliphatic rings. The maximum Gasteiger partial charge on any atom is 0.412 e. The smallest absolute Gasteiger partial charge is 0.412 e. The molecule has 4 aromatic rings. The van der Waals surface area contributed by atoms with Crippen LogP contribution in [0.3, 0.4) is 0 Å². The van der Waals surface area contributed by atoms with Gasteiger partial charge < -0.3 is 34.3 Å². The minimum Gasteiger partial charge on any atom is -0.491 e. The number of halogens is 2. The molecular formula is C49H49F2N3O9. The van der Waals surface area contributed by atoms with Crippen LogP contribution < -0.4 is 20.7 Å². The molecule has 2 aliphatic carbocycles. The second kappa shape index (κ2) is 20.6. The molecule has 0 aromatic heterocycles. The highest BCUT2D eigenvalue weighted by molar-refractivity contribution is 5.99. The van der Waals surface area contributed by atoms with Gasteiger partial charge in [0, 0.05) is 12.0 Å². The van der Waals surface area contributed by atoms with Crippen LogP contribution in [0.1, 0.15) is 61.2 Å². The van der Waals surface area contributed by atoms with E-state index in [1.165, 1.54) is 49.6 Å². The molecule has 3 N–H and O–H groups in total. The normalized spacial score (nSPS) is 17.1. The monoisotopic (exact) mass is 861 g/mol. The number of alkyl carbamates (subject to hydrolysis) is 1. The van der Waals surface area contributed by atoms with Gasteiger partial charge in [-0.2, -0.15) is 0 Å². The summed E-state index contributed by atoms with van der Waals surface area (Å²) in [6, 6.07) is 25.4. The molecule has 63 heavy (non-hydrogen) atoms. The van der Waals surface area contributed by atoms with Crippen LogP contribution in [0.25, 0.3) is 0 Å². The van der Waals surface area contributed by atoms with Gasteiger partial charge in [0.25, 0.3) is 5.91 Å². The lowest BCUT2D eigenvalue weighted by molar-refractivity contribution is -0.144. The SMILES string of the molecule is COC(=O)C1C=C(OCc2ccc(F)cc2)C(NC(=O)c2ccc(NC(=O)C3C=CC(NC(=O)OC(C)(C)C)=C(OCc4ccccc4)C3)c(OCc3ccc(F)cc3)c2)=CC1C. The van der Waals surface area contributed by atoms with Crippen molar-refractivity contribution in [1.82, 2.24) is 10.6 Å². The predicted octanol–water partition coefficient (Wildman–Crippen LogP) is 9.16. The standard InChI is InChI=1S/C49H49F2N3O9/c1-30-23-41(44(26-38(30)47(57)59-5)62-29-33-13-19-37(51)20-14-33)53-46(56)35-15-21-39(42(24-35)61-28-32-11-17-36(50)18-12-32)52-45(55)34-16-22-40(54-48(58)63-49(2,3)4)43(25-34)60-27-31-9-7-6-8-10-31/h6-24,26,30,34,38H,25,27-29H2,1-5H3,(H,52,55)(H,53,56)(H,54,58). The summed E-state index contributed by atoms with van der Waals surface area (Å²) in [5.41, 5.74) is 2.47. The van der Waals surface area contributed by atoms with Gasteiger partial charge in [-0.25, -0.2) is 13.6 Å². The number of anilines is 1. The number of benzene rings is 4. The number of hydrogen-bond acceptors (Lipinski definition) is 9. The third kappa shape index (κ3) is 12.9. The molecule has 0 saturated heterocycles. The van der Waals surface area contributed by atoms with Crippen molar-refractivity contribution >= 4 is 29.6 Å². The largest absolute Gasteiger partial charge is 0.491 e. The molecule has 0 spiro atoms. The van der Waals surface area contributed by atoms with E-state index in [9.17, 15) is 28.0 Å². The maximum absolute atomic E-state index is 14.0. The summed E-state index contributed by atoms with van der Waals surface area (Å²) in [7, 11) is 1.29. The maximum atomic E-state index is 14.0. The summed E-state index contributed by atoms with van der Waals surface area (Å²) in [6.45, 7) is 7.23. The predicted molar refractivity (Wildman–Crippen MR) is 230 cm³/mol. The summed E-state index contributed by atoms with van der Waals surface area (Å²) in [6.07, 6.45) is 5.93. The van der Waals surface area contributed by atoms with Gasteiger partial charge in [-0.15, -0.1) is 0 Å². The Kier molecular flexibility index (Phi) is 14.8. The van der Waals surface area contributed by atoms with E-state index in [0.717, 1.165) is 5.56 Å². The number of esters is 1. The van der Waals surface area contributed by atoms with Gasteiger partial charge in [0.15, 0.2) is 0 Å². The Morgan fingerprint density at radius 1 is 0.730 bits per heavy atom. The number of ether oxygens (including phenoxy) is 5. The summed E-state index contributed by atoms with van der Waals surface area (Å²) in [5.74, 6) is -3.40. The number of nitrogens with one attached hydrogen (secondary N) is 3. The summed E-state index contributed by atoms with van der Waals surface area (Å²) < 4.78 is 56.2. The van der Waals surface area contributed by atoms with E-state index in [0.29, 0.717) is 28.3 Å². The molecule has 0 aliphatic heterocycles. The Labute approximate surface area is 364 Å². The minimum atomic E-state index is -0.748. The van der Waals surface area contributed by atoms with E-state index in [2.05, 4.69) is 16.0 Å². The fraction of sp³-hybridized carbons (Fsp3) is 0.265. The van der Waals surface area contributed by atoms with Gasteiger partial charge in [0.05, 0.1) is 36.0 Å². The highest BCUT2D eigenvalue weighted by Gasteiger charge is 2.31. The van der Waals surface area contributed by atoms with Crippen LogP contribution in [0, 0.1) is 29.4 Å². The van der Waals surface area contributed by atoms with Crippen LogP contribution in [0.15, 0.2) is 144 Å². The third-order valence-corrected chi connectivity index (χ3v) is 9.86. The van der Waals surface area contributed by atoms with Crippen molar-refractivity contribution in [2.45, 2.75) is 59.5 Å². The molecule has 3 amide bonds. The quantitative estimate of drug-likeness (QED) is 0.0995. The molecule has 0 saturated carbocycles. The first-order valence-corrected chi connectivity index (χ1v) is 20.2. The van der Waals surface area contributed by atoms with Gasteiger partial charge >= 0.3 is 12.1 Å². The summed E-state index contributed by atoms with van der Waals surface area (Å²) in [4.78, 5) is 53.3. The molecule has 0 bridgehead atoms. The Morgan fingerprint density at radius 3 is 1.98 bits per heavy atom. The molecule has 0 radical (unpaired) electrons. The van der Waals surface area contributed by atoms with E-state index in [-0.39, 0.29) is 54.9 Å². The molecule has 6 rings (SSSR count). The lowest BCUT2D eigenvalue weighted by Gasteiger charge is -2.26. The van der Waals surface area contributed by atoms with Gasteiger partial charge in [-0.1, -0.05) is 73.7 Å². The van der Waals surface area contributed by atoms with Crippen LogP contribution in [0.4, 0.5) is 19.3 Å². The van der Waals surface area contributed by atoms with Crippen LogP contribution in [-0.4, -0.2) is 36.6 Å². The van der Waals surface area contributed by atoms with Crippen molar-refractivity contribution in [2.24, 2.45) is 17.8 Å². The van der Waals surface area contributed by atoms with Crippen LogP contribution >= 0.6 is 0 Å². The number of carbonyl (C=O) groups excluding carboxylic acids is 4. The Bertz CT molecular complexity index is 2420. The number of carbonyl (C=O) groups is 4. The molecule has 0 fully saturated rings. The average Bonchev–Trinajstić information content (AvgIpc) is 3.25. The lowest BCUT2D eigenvalue weighted by Crippen LogP contribution is -2.34. The van der Waals surface area contributed by atoms with Crippen LogP contribution in [0.2, 0.25) is 0 Å². The molecule has 3 unspecified atom stereocenters. The van der Waals surface area contributed by atoms with Crippen molar-refractivity contribution in [1.29, 1.82) is 0 Å². The molecule has 3 atom stereocenters. The number of methoxy groups -OCH3 is 1. The highest BCUT2D eigenvalue weighted by Crippen LogP contribution is 2.33. The number of allylic oxidation sites excluding steroid dienone is 3. The first-order valence-electron chi connectivity index (χ1n) is 20.2. The fourth-order valence-electron chi connectivity index (χ4n) is 6.56.